The van der Waals surface area contributed by atoms with Gasteiger partial charge in [0.1, 0.15) is 0 Å². The van der Waals surface area contributed by atoms with Crippen LogP contribution < -0.4 is 16.0 Å². The van der Waals surface area contributed by atoms with Gasteiger partial charge in [-0.1, -0.05) is 26.0 Å². The largest absolute Gasteiger partial charge is 0.336 e. The molecule has 100 valence electrons. The van der Waals surface area contributed by atoms with Crippen molar-refractivity contribution in [3.8, 4) is 0 Å². The molecule has 3 N–H and O–H groups in total. The van der Waals surface area contributed by atoms with E-state index in [1.54, 1.807) is 0 Å². The molecular formula is C14H23N3O. The first-order valence-electron chi connectivity index (χ1n) is 6.37. The molecule has 0 aliphatic heterocycles. The zero-order valence-electron chi connectivity index (χ0n) is 11.6. The summed E-state index contributed by atoms with van der Waals surface area (Å²) in [6, 6.07) is 8.30. The molecule has 0 saturated carbocycles. The number of carbonyl (C=O) groups excluding carboxylic acids is 1. The van der Waals surface area contributed by atoms with Gasteiger partial charge in [0.15, 0.2) is 0 Å². The number of hydrogen-bond acceptors (Lipinski definition) is 2. The molecule has 0 saturated heterocycles. The summed E-state index contributed by atoms with van der Waals surface area (Å²) in [6.07, 6.45) is 0. The van der Waals surface area contributed by atoms with E-state index in [4.69, 9.17) is 0 Å². The topological polar surface area (TPSA) is 53.2 Å². The Morgan fingerprint density at radius 2 is 1.67 bits per heavy atom. The molecule has 0 aromatic heterocycles. The third kappa shape index (κ3) is 5.68. The van der Waals surface area contributed by atoms with Crippen molar-refractivity contribution < 1.29 is 4.79 Å². The summed E-state index contributed by atoms with van der Waals surface area (Å²) in [4.78, 5) is 11.5. The molecule has 1 aromatic rings. The second kappa shape index (κ2) is 7.01. The zero-order chi connectivity index (χ0) is 13.5. The summed E-state index contributed by atoms with van der Waals surface area (Å²) in [5, 5.41) is 8.93. The van der Waals surface area contributed by atoms with E-state index in [2.05, 4.69) is 29.8 Å². The highest BCUT2D eigenvalue weighted by molar-refractivity contribution is 5.89. The normalized spacial score (nSPS) is 10.8. The van der Waals surface area contributed by atoms with Gasteiger partial charge in [0.2, 0.25) is 0 Å². The fourth-order valence-corrected chi connectivity index (χ4v) is 1.46. The fourth-order valence-electron chi connectivity index (χ4n) is 1.46. The van der Waals surface area contributed by atoms with E-state index in [9.17, 15) is 4.79 Å². The third-order valence-electron chi connectivity index (χ3n) is 2.35. The lowest BCUT2D eigenvalue weighted by atomic mass is 10.2. The molecule has 4 nitrogen and oxygen atoms in total. The van der Waals surface area contributed by atoms with Crippen LogP contribution in [0.2, 0.25) is 0 Å². The van der Waals surface area contributed by atoms with Crippen LogP contribution in [-0.2, 0) is 6.54 Å². The average molecular weight is 249 g/mol. The van der Waals surface area contributed by atoms with Crippen molar-refractivity contribution in [1.82, 2.24) is 10.6 Å². The van der Waals surface area contributed by atoms with Crippen LogP contribution in [0, 0.1) is 0 Å². The molecule has 0 bridgehead atoms. The number of nitrogens with one attached hydrogen (secondary N) is 3. The Morgan fingerprint density at radius 3 is 2.17 bits per heavy atom. The lowest BCUT2D eigenvalue weighted by molar-refractivity contribution is 0.250. The Kier molecular flexibility index (Phi) is 5.65. The first-order valence-corrected chi connectivity index (χ1v) is 6.37. The minimum absolute atomic E-state index is 0.138. The average Bonchev–Trinajstić information content (AvgIpc) is 2.26. The number of rotatable bonds is 5. The minimum Gasteiger partial charge on any atom is -0.336 e. The number of urea groups is 1. The van der Waals surface area contributed by atoms with Crippen LogP contribution in [-0.4, -0.2) is 18.1 Å². The Balaban J connectivity index is 2.47. The van der Waals surface area contributed by atoms with Crippen molar-refractivity contribution in [2.75, 3.05) is 5.32 Å². The Morgan fingerprint density at radius 1 is 1.06 bits per heavy atom. The molecule has 0 fully saturated rings. The summed E-state index contributed by atoms with van der Waals surface area (Å²) in [5.41, 5.74) is 2.01. The lowest BCUT2D eigenvalue weighted by Crippen LogP contribution is -2.34. The molecule has 18 heavy (non-hydrogen) atoms. The lowest BCUT2D eigenvalue weighted by Gasteiger charge is -2.11. The number of hydrogen-bond donors (Lipinski definition) is 3. The summed E-state index contributed by atoms with van der Waals surface area (Å²) in [5.74, 6) is 0. The van der Waals surface area contributed by atoms with Crippen LogP contribution in [0.4, 0.5) is 10.5 Å². The van der Waals surface area contributed by atoms with Gasteiger partial charge in [-0.2, -0.15) is 0 Å². The van der Waals surface area contributed by atoms with Gasteiger partial charge in [-0.3, -0.25) is 0 Å². The Hall–Kier alpha value is -1.55. The van der Waals surface area contributed by atoms with E-state index >= 15 is 0 Å². The highest BCUT2D eigenvalue weighted by Crippen LogP contribution is 2.09. The van der Waals surface area contributed by atoms with Crippen LogP contribution in [0.3, 0.4) is 0 Å². The summed E-state index contributed by atoms with van der Waals surface area (Å²) in [7, 11) is 0. The maximum atomic E-state index is 11.5. The van der Waals surface area contributed by atoms with Gasteiger partial charge in [-0.15, -0.1) is 0 Å². The van der Waals surface area contributed by atoms with Crippen LogP contribution in [0.15, 0.2) is 24.3 Å². The van der Waals surface area contributed by atoms with Crippen molar-refractivity contribution in [3.05, 3.63) is 29.8 Å². The quantitative estimate of drug-likeness (QED) is 0.751. The minimum atomic E-state index is -0.168. The van der Waals surface area contributed by atoms with Crippen molar-refractivity contribution in [1.29, 1.82) is 0 Å². The van der Waals surface area contributed by atoms with Gasteiger partial charge in [0.25, 0.3) is 0 Å². The molecule has 0 aliphatic rings. The molecule has 0 unspecified atom stereocenters. The van der Waals surface area contributed by atoms with Gasteiger partial charge in [0, 0.05) is 24.3 Å². The SMILES string of the molecule is CC(C)NCc1ccc(NC(=O)NC(C)C)cc1. The molecule has 0 heterocycles. The van der Waals surface area contributed by atoms with Crippen LogP contribution in [0.1, 0.15) is 33.3 Å². The highest BCUT2D eigenvalue weighted by atomic mass is 16.2. The first-order chi connectivity index (χ1) is 8.47. The molecule has 0 aliphatic carbocycles. The molecule has 2 amide bonds. The van der Waals surface area contributed by atoms with Gasteiger partial charge in [0.05, 0.1) is 0 Å². The molecule has 1 aromatic carbocycles. The van der Waals surface area contributed by atoms with Crippen molar-refractivity contribution >= 4 is 11.7 Å². The van der Waals surface area contributed by atoms with E-state index < -0.39 is 0 Å². The Labute approximate surface area is 109 Å². The van der Waals surface area contributed by atoms with Gasteiger partial charge in [-0.05, 0) is 31.5 Å². The van der Waals surface area contributed by atoms with Gasteiger partial charge < -0.3 is 16.0 Å². The summed E-state index contributed by atoms with van der Waals surface area (Å²) < 4.78 is 0. The third-order valence-corrected chi connectivity index (χ3v) is 2.35. The number of amides is 2. The predicted octanol–water partition coefficient (Wildman–Crippen LogP) is 2.71. The molecule has 1 rings (SSSR count). The van der Waals surface area contributed by atoms with Crippen molar-refractivity contribution in [2.45, 2.75) is 46.3 Å². The van der Waals surface area contributed by atoms with Crippen molar-refractivity contribution in [2.24, 2.45) is 0 Å². The van der Waals surface area contributed by atoms with Gasteiger partial charge in [-0.25, -0.2) is 4.79 Å². The van der Waals surface area contributed by atoms with E-state index in [0.717, 1.165) is 12.2 Å². The maximum absolute atomic E-state index is 11.5. The van der Waals surface area contributed by atoms with E-state index in [-0.39, 0.29) is 12.1 Å². The molecule has 0 radical (unpaired) electrons. The molecule has 4 heteroatoms. The second-order valence-electron chi connectivity index (χ2n) is 4.99. The molecule has 0 spiro atoms. The van der Waals surface area contributed by atoms with E-state index in [1.165, 1.54) is 5.56 Å². The zero-order valence-corrected chi connectivity index (χ0v) is 11.6. The van der Waals surface area contributed by atoms with Crippen LogP contribution in [0.5, 0.6) is 0 Å². The molecular weight excluding hydrogens is 226 g/mol. The fraction of sp³-hybridized carbons (Fsp3) is 0.500. The summed E-state index contributed by atoms with van der Waals surface area (Å²) >= 11 is 0. The first kappa shape index (κ1) is 14.5. The highest BCUT2D eigenvalue weighted by Gasteiger charge is 2.03. The van der Waals surface area contributed by atoms with Crippen molar-refractivity contribution in [3.63, 3.8) is 0 Å². The van der Waals surface area contributed by atoms with E-state index in [0.29, 0.717) is 6.04 Å². The van der Waals surface area contributed by atoms with E-state index in [1.807, 2.05) is 38.1 Å². The standard InChI is InChI=1S/C14H23N3O/c1-10(2)15-9-12-5-7-13(8-6-12)17-14(18)16-11(3)4/h5-8,10-11,15H,9H2,1-4H3,(H2,16,17,18). The smallest absolute Gasteiger partial charge is 0.319 e. The second-order valence-corrected chi connectivity index (χ2v) is 4.99. The van der Waals surface area contributed by atoms with Crippen LogP contribution in [0.25, 0.3) is 0 Å². The molecule has 0 atom stereocenters. The number of carbonyl (C=O) groups is 1. The van der Waals surface area contributed by atoms with Gasteiger partial charge >= 0.3 is 6.03 Å². The Bertz CT molecular complexity index is 371. The predicted molar refractivity (Wildman–Crippen MR) is 75.7 cm³/mol. The number of benzene rings is 1. The van der Waals surface area contributed by atoms with Crippen LogP contribution >= 0.6 is 0 Å². The number of anilines is 1. The maximum Gasteiger partial charge on any atom is 0.319 e. The monoisotopic (exact) mass is 249 g/mol. The summed E-state index contributed by atoms with van der Waals surface area (Å²) in [6.45, 7) is 8.94.